The second-order valence-electron chi connectivity index (χ2n) is 5.59. The third kappa shape index (κ3) is 4.60. The first kappa shape index (κ1) is 14.4. The van der Waals surface area contributed by atoms with Crippen molar-refractivity contribution in [2.75, 3.05) is 5.75 Å². The van der Waals surface area contributed by atoms with Crippen molar-refractivity contribution in [3.05, 3.63) is 29.8 Å². The van der Waals surface area contributed by atoms with E-state index in [0.29, 0.717) is 5.75 Å². The SMILES string of the molecule is CC(N)CCS(=O)c1ccc(C(C)(C)C)cc1. The van der Waals surface area contributed by atoms with Gasteiger partial charge in [-0.1, -0.05) is 32.9 Å². The Morgan fingerprint density at radius 2 is 1.76 bits per heavy atom. The summed E-state index contributed by atoms with van der Waals surface area (Å²) in [5.74, 6) is 0.645. The van der Waals surface area contributed by atoms with Gasteiger partial charge in [-0.05, 0) is 36.5 Å². The van der Waals surface area contributed by atoms with E-state index in [-0.39, 0.29) is 11.5 Å². The Hall–Kier alpha value is -0.670. The molecule has 0 bridgehead atoms. The van der Waals surface area contributed by atoms with Gasteiger partial charge in [0.2, 0.25) is 0 Å². The number of benzene rings is 1. The van der Waals surface area contributed by atoms with Crippen molar-refractivity contribution >= 4 is 10.8 Å². The summed E-state index contributed by atoms with van der Waals surface area (Å²) < 4.78 is 12.0. The molecule has 0 spiro atoms. The van der Waals surface area contributed by atoms with E-state index in [1.807, 2.05) is 19.1 Å². The zero-order chi connectivity index (χ0) is 13.1. The molecule has 0 aliphatic heterocycles. The number of hydrogen-bond acceptors (Lipinski definition) is 2. The predicted molar refractivity (Wildman–Crippen MR) is 74.7 cm³/mol. The van der Waals surface area contributed by atoms with Crippen molar-refractivity contribution in [3.63, 3.8) is 0 Å². The van der Waals surface area contributed by atoms with Crippen LogP contribution >= 0.6 is 0 Å². The highest BCUT2D eigenvalue weighted by atomic mass is 32.2. The van der Waals surface area contributed by atoms with E-state index in [1.54, 1.807) is 0 Å². The Morgan fingerprint density at radius 3 is 2.18 bits per heavy atom. The highest BCUT2D eigenvalue weighted by Gasteiger charge is 2.13. The van der Waals surface area contributed by atoms with Crippen LogP contribution in [0.2, 0.25) is 0 Å². The molecule has 1 rings (SSSR count). The first-order valence-electron chi connectivity index (χ1n) is 6.05. The molecule has 0 aromatic heterocycles. The minimum absolute atomic E-state index is 0.118. The zero-order valence-electron chi connectivity index (χ0n) is 11.2. The van der Waals surface area contributed by atoms with Crippen LogP contribution in [0.4, 0.5) is 0 Å². The molecule has 0 amide bonds. The smallest absolute Gasteiger partial charge is 0.0530 e. The molecule has 2 nitrogen and oxygen atoms in total. The van der Waals surface area contributed by atoms with Crippen molar-refractivity contribution < 1.29 is 4.21 Å². The average molecular weight is 253 g/mol. The van der Waals surface area contributed by atoms with Gasteiger partial charge < -0.3 is 5.73 Å². The highest BCUT2D eigenvalue weighted by Crippen LogP contribution is 2.23. The standard InChI is InChI=1S/C14H23NOS/c1-11(15)9-10-17(16)13-7-5-12(6-8-13)14(2,3)4/h5-8,11H,9-10,15H2,1-4H3. The van der Waals surface area contributed by atoms with Gasteiger partial charge >= 0.3 is 0 Å². The Balaban J connectivity index is 2.71. The van der Waals surface area contributed by atoms with Gasteiger partial charge in [0.1, 0.15) is 0 Å². The summed E-state index contributed by atoms with van der Waals surface area (Å²) in [5.41, 5.74) is 7.08. The van der Waals surface area contributed by atoms with Crippen LogP contribution in [-0.2, 0) is 16.2 Å². The van der Waals surface area contributed by atoms with Crippen molar-refractivity contribution in [1.82, 2.24) is 0 Å². The highest BCUT2D eigenvalue weighted by molar-refractivity contribution is 7.85. The number of nitrogens with two attached hydrogens (primary N) is 1. The molecule has 0 aliphatic carbocycles. The molecule has 0 fully saturated rings. The number of rotatable bonds is 4. The maximum Gasteiger partial charge on any atom is 0.0530 e. The lowest BCUT2D eigenvalue weighted by Gasteiger charge is -2.19. The minimum Gasteiger partial charge on any atom is -0.328 e. The molecule has 2 N–H and O–H groups in total. The van der Waals surface area contributed by atoms with Crippen LogP contribution in [0.5, 0.6) is 0 Å². The van der Waals surface area contributed by atoms with E-state index in [1.165, 1.54) is 5.56 Å². The summed E-state index contributed by atoms with van der Waals surface area (Å²) in [6.07, 6.45) is 0.799. The second-order valence-corrected chi connectivity index (χ2v) is 7.16. The summed E-state index contributed by atoms with van der Waals surface area (Å²) in [7, 11) is -0.919. The molecule has 2 unspecified atom stereocenters. The Morgan fingerprint density at radius 1 is 1.24 bits per heavy atom. The van der Waals surface area contributed by atoms with Crippen LogP contribution in [0.25, 0.3) is 0 Å². The average Bonchev–Trinajstić information content (AvgIpc) is 2.25. The fourth-order valence-electron chi connectivity index (χ4n) is 1.52. The minimum atomic E-state index is -0.919. The van der Waals surface area contributed by atoms with Crippen LogP contribution in [0.1, 0.15) is 39.7 Å². The van der Waals surface area contributed by atoms with E-state index >= 15 is 0 Å². The predicted octanol–water partition coefficient (Wildman–Crippen LogP) is 2.83. The molecule has 1 aromatic rings. The number of hydrogen-bond donors (Lipinski definition) is 1. The monoisotopic (exact) mass is 253 g/mol. The van der Waals surface area contributed by atoms with Crippen LogP contribution in [0.3, 0.4) is 0 Å². The van der Waals surface area contributed by atoms with Gasteiger partial charge in [0, 0.05) is 16.7 Å². The summed E-state index contributed by atoms with van der Waals surface area (Å²) in [6.45, 7) is 8.47. The first-order chi connectivity index (χ1) is 7.80. The molecule has 2 atom stereocenters. The maximum absolute atomic E-state index is 12.0. The molecule has 0 aliphatic rings. The normalized spacial score (nSPS) is 15.6. The molecule has 1 aromatic carbocycles. The van der Waals surface area contributed by atoms with Crippen molar-refractivity contribution in [3.8, 4) is 0 Å². The molecular formula is C14H23NOS. The second kappa shape index (κ2) is 5.78. The van der Waals surface area contributed by atoms with Crippen LogP contribution < -0.4 is 5.73 Å². The topological polar surface area (TPSA) is 43.1 Å². The van der Waals surface area contributed by atoms with Gasteiger partial charge in [-0.15, -0.1) is 0 Å². The lowest BCUT2D eigenvalue weighted by Crippen LogP contribution is -2.18. The maximum atomic E-state index is 12.0. The molecule has 0 radical (unpaired) electrons. The summed E-state index contributed by atoms with van der Waals surface area (Å²) in [5, 5.41) is 0. The Kier molecular flexibility index (Phi) is 4.90. The fraction of sp³-hybridized carbons (Fsp3) is 0.571. The van der Waals surface area contributed by atoms with E-state index in [0.717, 1.165) is 11.3 Å². The summed E-state index contributed by atoms with van der Waals surface area (Å²) >= 11 is 0. The van der Waals surface area contributed by atoms with Crippen molar-refractivity contribution in [2.24, 2.45) is 5.73 Å². The van der Waals surface area contributed by atoms with E-state index < -0.39 is 10.8 Å². The quantitative estimate of drug-likeness (QED) is 0.896. The molecule has 0 saturated heterocycles. The van der Waals surface area contributed by atoms with Crippen molar-refractivity contribution in [2.45, 2.75) is 50.5 Å². The largest absolute Gasteiger partial charge is 0.328 e. The molecular weight excluding hydrogens is 230 g/mol. The molecule has 0 heterocycles. The van der Waals surface area contributed by atoms with E-state index in [4.69, 9.17) is 5.73 Å². The summed E-state index contributed by atoms with van der Waals surface area (Å²) in [6, 6.07) is 8.20. The van der Waals surface area contributed by atoms with Crippen LogP contribution in [-0.4, -0.2) is 16.0 Å². The molecule has 96 valence electrons. The van der Waals surface area contributed by atoms with E-state index in [9.17, 15) is 4.21 Å². The van der Waals surface area contributed by atoms with Gasteiger partial charge in [0.15, 0.2) is 0 Å². The van der Waals surface area contributed by atoms with Gasteiger partial charge in [-0.25, -0.2) is 0 Å². The molecule has 17 heavy (non-hydrogen) atoms. The van der Waals surface area contributed by atoms with Crippen LogP contribution in [0, 0.1) is 0 Å². The molecule has 0 saturated carbocycles. The lowest BCUT2D eigenvalue weighted by atomic mass is 9.87. The van der Waals surface area contributed by atoms with Gasteiger partial charge in [-0.3, -0.25) is 4.21 Å². The Bertz CT molecular complexity index is 376. The fourth-order valence-corrected chi connectivity index (χ4v) is 2.78. The third-order valence-electron chi connectivity index (χ3n) is 2.74. The summed E-state index contributed by atoms with van der Waals surface area (Å²) in [4.78, 5) is 0.902. The third-order valence-corrected chi connectivity index (χ3v) is 4.15. The zero-order valence-corrected chi connectivity index (χ0v) is 12.0. The van der Waals surface area contributed by atoms with Gasteiger partial charge in [0.05, 0.1) is 10.8 Å². The van der Waals surface area contributed by atoms with Gasteiger partial charge in [-0.2, -0.15) is 0 Å². The van der Waals surface area contributed by atoms with Gasteiger partial charge in [0.25, 0.3) is 0 Å². The van der Waals surface area contributed by atoms with Crippen molar-refractivity contribution in [1.29, 1.82) is 0 Å². The molecule has 3 heteroatoms. The first-order valence-corrected chi connectivity index (χ1v) is 7.37. The van der Waals surface area contributed by atoms with E-state index in [2.05, 4.69) is 32.9 Å². The van der Waals surface area contributed by atoms with Crippen LogP contribution in [0.15, 0.2) is 29.2 Å². The Labute approximate surface area is 107 Å². The lowest BCUT2D eigenvalue weighted by molar-refractivity contribution is 0.589.